The van der Waals surface area contributed by atoms with Gasteiger partial charge in [-0.1, -0.05) is 75.4 Å². The third kappa shape index (κ3) is 3.40. The van der Waals surface area contributed by atoms with E-state index in [0.717, 1.165) is 31.8 Å². The third-order valence-electron chi connectivity index (χ3n) is 5.09. The summed E-state index contributed by atoms with van der Waals surface area (Å²) in [5, 5.41) is 0.725. The first-order valence-electron chi connectivity index (χ1n) is 9.48. The predicted octanol–water partition coefficient (Wildman–Crippen LogP) is 5.78. The number of hydrogen-bond donors (Lipinski definition) is 0. The summed E-state index contributed by atoms with van der Waals surface area (Å²) >= 11 is 1.58. The quantitative estimate of drug-likeness (QED) is 0.446. The van der Waals surface area contributed by atoms with Crippen LogP contribution in [0.4, 0.5) is 0 Å². The molecule has 4 aromatic rings. The minimum atomic E-state index is 0.0214. The number of nitrogens with zero attached hydrogens (tertiary/aromatic N) is 2. The third-order valence-corrected chi connectivity index (χ3v) is 6.10. The number of aromatic nitrogens is 2. The highest BCUT2D eigenvalue weighted by Gasteiger charge is 2.17. The maximum atomic E-state index is 13.3. The van der Waals surface area contributed by atoms with Gasteiger partial charge in [0.1, 0.15) is 4.83 Å². The smallest absolute Gasteiger partial charge is 0.263 e. The minimum absolute atomic E-state index is 0.0214. The topological polar surface area (TPSA) is 34.9 Å². The zero-order valence-corrected chi connectivity index (χ0v) is 17.5. The van der Waals surface area contributed by atoms with Crippen LogP contribution in [0.5, 0.6) is 0 Å². The maximum Gasteiger partial charge on any atom is 0.263 e. The van der Waals surface area contributed by atoms with Gasteiger partial charge in [-0.25, -0.2) is 4.98 Å². The number of benzene rings is 2. The summed E-state index contributed by atoms with van der Waals surface area (Å²) in [5.74, 6) is 0. The second-order valence-corrected chi connectivity index (χ2v) is 9.41. The van der Waals surface area contributed by atoms with Crippen molar-refractivity contribution < 1.29 is 0 Å². The van der Waals surface area contributed by atoms with Crippen LogP contribution in [0.1, 0.15) is 36.8 Å². The van der Waals surface area contributed by atoms with E-state index < -0.39 is 0 Å². The molecule has 0 bridgehead atoms. The van der Waals surface area contributed by atoms with E-state index in [1.54, 1.807) is 22.2 Å². The molecule has 0 unspecified atom stereocenters. The lowest BCUT2D eigenvalue weighted by atomic mass is 9.87. The number of aryl methyl sites for hydroxylation is 1. The lowest BCUT2D eigenvalue weighted by Gasteiger charge is -2.19. The molecular formula is C24H24N2OS. The van der Waals surface area contributed by atoms with Gasteiger partial charge in [0.25, 0.3) is 5.56 Å². The highest BCUT2D eigenvalue weighted by molar-refractivity contribution is 7.19. The molecule has 28 heavy (non-hydrogen) atoms. The largest absolute Gasteiger partial charge is 0.294 e. The molecule has 0 fully saturated rings. The Kier molecular flexibility index (Phi) is 4.68. The molecule has 0 spiro atoms. The molecule has 0 aliphatic heterocycles. The summed E-state index contributed by atoms with van der Waals surface area (Å²) in [6, 6.07) is 18.6. The van der Waals surface area contributed by atoms with Crippen LogP contribution in [-0.2, 0) is 12.0 Å². The highest BCUT2D eigenvalue weighted by Crippen LogP contribution is 2.35. The van der Waals surface area contributed by atoms with Gasteiger partial charge in [0.2, 0.25) is 0 Å². The molecule has 0 aliphatic carbocycles. The molecule has 0 atom stereocenters. The van der Waals surface area contributed by atoms with E-state index in [4.69, 9.17) is 0 Å². The van der Waals surface area contributed by atoms with Crippen molar-refractivity contribution in [2.75, 3.05) is 0 Å². The van der Waals surface area contributed by atoms with E-state index in [9.17, 15) is 4.79 Å². The van der Waals surface area contributed by atoms with E-state index in [1.165, 1.54) is 5.56 Å². The lowest BCUT2D eigenvalue weighted by molar-refractivity contribution is 0.589. The summed E-state index contributed by atoms with van der Waals surface area (Å²) < 4.78 is 1.72. The van der Waals surface area contributed by atoms with Gasteiger partial charge in [-0.2, -0.15) is 0 Å². The molecule has 3 nitrogen and oxygen atoms in total. The van der Waals surface area contributed by atoms with Gasteiger partial charge >= 0.3 is 0 Å². The normalized spacial score (nSPS) is 11.9. The molecular weight excluding hydrogens is 364 g/mol. The zero-order chi connectivity index (χ0) is 19.9. The molecule has 0 saturated heterocycles. The fourth-order valence-corrected chi connectivity index (χ4v) is 4.51. The second kappa shape index (κ2) is 7.02. The summed E-state index contributed by atoms with van der Waals surface area (Å²) in [5.41, 5.74) is 4.61. The van der Waals surface area contributed by atoms with Crippen molar-refractivity contribution in [3.05, 3.63) is 87.3 Å². The average Bonchev–Trinajstić information content (AvgIpc) is 3.01. The SMILES string of the molecule is Cc1sc2ncn(Cc3ccc(C(C)(C)C)cc3)c(=O)c2c1-c1ccccc1. The lowest BCUT2D eigenvalue weighted by Crippen LogP contribution is -2.21. The van der Waals surface area contributed by atoms with Crippen molar-refractivity contribution in [2.45, 2.75) is 39.7 Å². The summed E-state index contributed by atoms with van der Waals surface area (Å²) in [7, 11) is 0. The van der Waals surface area contributed by atoms with Gasteiger partial charge in [0, 0.05) is 10.4 Å². The van der Waals surface area contributed by atoms with Gasteiger partial charge in [0.05, 0.1) is 18.3 Å². The van der Waals surface area contributed by atoms with Gasteiger partial charge < -0.3 is 0 Å². The Morgan fingerprint density at radius 1 is 1.00 bits per heavy atom. The van der Waals surface area contributed by atoms with Crippen molar-refractivity contribution in [1.82, 2.24) is 9.55 Å². The van der Waals surface area contributed by atoms with Gasteiger partial charge in [-0.3, -0.25) is 9.36 Å². The fourth-order valence-electron chi connectivity index (χ4n) is 3.51. The van der Waals surface area contributed by atoms with Crippen LogP contribution in [0.15, 0.2) is 65.7 Å². The van der Waals surface area contributed by atoms with E-state index >= 15 is 0 Å². The Morgan fingerprint density at radius 2 is 1.68 bits per heavy atom. The Bertz CT molecular complexity index is 1180. The summed E-state index contributed by atoms with van der Waals surface area (Å²) in [4.78, 5) is 19.8. The van der Waals surface area contributed by atoms with Gasteiger partial charge in [-0.05, 0) is 29.0 Å². The van der Waals surface area contributed by atoms with Crippen molar-refractivity contribution in [1.29, 1.82) is 0 Å². The van der Waals surface area contributed by atoms with Crippen molar-refractivity contribution in [3.63, 3.8) is 0 Å². The monoisotopic (exact) mass is 388 g/mol. The first-order valence-corrected chi connectivity index (χ1v) is 10.3. The van der Waals surface area contributed by atoms with Crippen molar-refractivity contribution in [3.8, 4) is 11.1 Å². The van der Waals surface area contributed by atoms with Crippen LogP contribution >= 0.6 is 11.3 Å². The standard InChI is InChI=1S/C24H24N2OS/c1-16-20(18-8-6-5-7-9-18)21-22(28-16)25-15-26(23(21)27)14-17-10-12-19(13-11-17)24(2,3)4/h5-13,15H,14H2,1-4H3. The van der Waals surface area contributed by atoms with E-state index in [-0.39, 0.29) is 11.0 Å². The van der Waals surface area contributed by atoms with Crippen molar-refractivity contribution in [2.24, 2.45) is 0 Å². The van der Waals surface area contributed by atoms with E-state index in [0.29, 0.717) is 6.54 Å². The van der Waals surface area contributed by atoms with Crippen LogP contribution in [0.3, 0.4) is 0 Å². The van der Waals surface area contributed by atoms with Gasteiger partial charge in [0.15, 0.2) is 0 Å². The van der Waals surface area contributed by atoms with Crippen molar-refractivity contribution >= 4 is 21.6 Å². The Labute approximate surface area is 169 Å². The van der Waals surface area contributed by atoms with Crippen LogP contribution in [0.2, 0.25) is 0 Å². The second-order valence-electron chi connectivity index (χ2n) is 8.20. The molecule has 0 N–H and O–H groups in total. The molecule has 142 valence electrons. The Balaban J connectivity index is 1.77. The molecule has 0 radical (unpaired) electrons. The number of fused-ring (bicyclic) bond motifs is 1. The highest BCUT2D eigenvalue weighted by atomic mass is 32.1. The zero-order valence-electron chi connectivity index (χ0n) is 16.7. The van der Waals surface area contributed by atoms with Crippen LogP contribution in [0.25, 0.3) is 21.3 Å². The molecule has 4 rings (SSSR count). The van der Waals surface area contributed by atoms with Crippen LogP contribution in [0, 0.1) is 6.92 Å². The Hall–Kier alpha value is -2.72. The van der Waals surface area contributed by atoms with E-state index in [2.05, 4.69) is 69.1 Å². The van der Waals surface area contributed by atoms with Crippen LogP contribution in [-0.4, -0.2) is 9.55 Å². The predicted molar refractivity (Wildman–Crippen MR) is 118 cm³/mol. The maximum absolute atomic E-state index is 13.3. The van der Waals surface area contributed by atoms with E-state index in [1.807, 2.05) is 18.2 Å². The molecule has 4 heteroatoms. The number of thiophene rings is 1. The molecule has 2 aromatic carbocycles. The number of hydrogen-bond acceptors (Lipinski definition) is 3. The molecule has 2 aromatic heterocycles. The minimum Gasteiger partial charge on any atom is -0.294 e. The summed E-state index contributed by atoms with van der Waals surface area (Å²) in [6.07, 6.45) is 1.67. The molecule has 0 saturated carbocycles. The molecule has 0 aliphatic rings. The molecule has 0 amide bonds. The number of rotatable bonds is 3. The Morgan fingerprint density at radius 3 is 2.32 bits per heavy atom. The fraction of sp³-hybridized carbons (Fsp3) is 0.250. The van der Waals surface area contributed by atoms with Crippen LogP contribution < -0.4 is 5.56 Å². The van der Waals surface area contributed by atoms with Gasteiger partial charge in [-0.15, -0.1) is 11.3 Å². The first-order chi connectivity index (χ1) is 13.3. The molecule has 2 heterocycles. The average molecular weight is 389 g/mol. The summed E-state index contributed by atoms with van der Waals surface area (Å²) in [6.45, 7) is 9.19. The first kappa shape index (κ1) is 18.6.